The van der Waals surface area contributed by atoms with Crippen molar-refractivity contribution in [3.8, 4) is 22.8 Å². The minimum atomic E-state index is -0.279. The van der Waals surface area contributed by atoms with Crippen molar-refractivity contribution in [1.29, 1.82) is 0 Å². The predicted molar refractivity (Wildman–Crippen MR) is 115 cm³/mol. The molecular weight excluding hydrogens is 424 g/mol. The van der Waals surface area contributed by atoms with Crippen LogP contribution in [0.3, 0.4) is 0 Å². The van der Waals surface area contributed by atoms with Gasteiger partial charge in [-0.3, -0.25) is 10.1 Å². The van der Waals surface area contributed by atoms with Crippen LogP contribution >= 0.6 is 23.4 Å². The number of thioether (sulfide) groups is 1. The Balaban J connectivity index is 1.40. The van der Waals surface area contributed by atoms with Gasteiger partial charge in [0.1, 0.15) is 0 Å². The Bertz CT molecular complexity index is 1160. The summed E-state index contributed by atoms with van der Waals surface area (Å²) in [6.45, 7) is 2.65. The summed E-state index contributed by atoms with van der Waals surface area (Å²) in [6, 6.07) is 16.8. The molecule has 0 atom stereocenters. The van der Waals surface area contributed by atoms with Crippen LogP contribution in [0.2, 0.25) is 5.02 Å². The van der Waals surface area contributed by atoms with Gasteiger partial charge in [0.25, 0.3) is 0 Å². The second-order valence-corrected chi connectivity index (χ2v) is 7.55. The van der Waals surface area contributed by atoms with Gasteiger partial charge < -0.3 is 8.98 Å². The second kappa shape index (κ2) is 9.10. The predicted octanol–water partition coefficient (Wildman–Crippen LogP) is 4.40. The molecule has 8 nitrogen and oxygen atoms in total. The third kappa shape index (κ3) is 4.52. The summed E-state index contributed by atoms with van der Waals surface area (Å²) in [5.74, 6) is 0.887. The fraction of sp³-hybridized carbons (Fsp3) is 0.150. The van der Waals surface area contributed by atoms with Gasteiger partial charge in [0, 0.05) is 22.7 Å². The number of benzene rings is 2. The van der Waals surface area contributed by atoms with Crippen molar-refractivity contribution in [2.75, 3.05) is 11.1 Å². The molecule has 2 heterocycles. The van der Waals surface area contributed by atoms with E-state index in [-0.39, 0.29) is 17.7 Å². The number of amides is 1. The Morgan fingerprint density at radius 3 is 2.63 bits per heavy atom. The summed E-state index contributed by atoms with van der Waals surface area (Å²) in [5, 5.41) is 20.2. The van der Waals surface area contributed by atoms with E-state index in [1.165, 1.54) is 11.8 Å². The van der Waals surface area contributed by atoms with Crippen LogP contribution in [-0.4, -0.2) is 36.6 Å². The normalized spacial score (nSPS) is 10.9. The first-order chi connectivity index (χ1) is 14.6. The van der Waals surface area contributed by atoms with E-state index in [4.69, 9.17) is 16.0 Å². The Kier molecular flexibility index (Phi) is 6.10. The monoisotopic (exact) mass is 440 g/mol. The molecule has 0 saturated carbocycles. The van der Waals surface area contributed by atoms with Gasteiger partial charge in [0.15, 0.2) is 11.0 Å². The quantitative estimate of drug-likeness (QED) is 0.425. The Hall–Kier alpha value is -3.17. The van der Waals surface area contributed by atoms with Crippen molar-refractivity contribution in [2.45, 2.75) is 18.6 Å². The Morgan fingerprint density at radius 2 is 1.87 bits per heavy atom. The highest BCUT2D eigenvalue weighted by Crippen LogP contribution is 2.26. The highest BCUT2D eigenvalue weighted by Gasteiger charge is 2.16. The molecule has 30 heavy (non-hydrogen) atoms. The maximum Gasteiger partial charge on any atom is 0.322 e. The second-order valence-electron chi connectivity index (χ2n) is 6.18. The first-order valence-corrected chi connectivity index (χ1v) is 10.5. The first-order valence-electron chi connectivity index (χ1n) is 9.14. The zero-order valence-electron chi connectivity index (χ0n) is 15.9. The molecular formula is C20H17ClN6O2S. The van der Waals surface area contributed by atoms with E-state index < -0.39 is 0 Å². The molecule has 0 saturated heterocycles. The summed E-state index contributed by atoms with van der Waals surface area (Å²) in [7, 11) is 0. The van der Waals surface area contributed by atoms with E-state index in [0.29, 0.717) is 28.4 Å². The third-order valence-electron chi connectivity index (χ3n) is 4.14. The van der Waals surface area contributed by atoms with Gasteiger partial charge in [-0.15, -0.1) is 15.3 Å². The van der Waals surface area contributed by atoms with Crippen LogP contribution in [-0.2, 0) is 11.3 Å². The molecule has 152 valence electrons. The van der Waals surface area contributed by atoms with Gasteiger partial charge in [-0.1, -0.05) is 58.8 Å². The van der Waals surface area contributed by atoms with Gasteiger partial charge in [0.05, 0.1) is 5.75 Å². The molecule has 0 fully saturated rings. The lowest BCUT2D eigenvalue weighted by Gasteiger charge is -2.07. The number of hydrogen-bond acceptors (Lipinski definition) is 7. The van der Waals surface area contributed by atoms with Crippen LogP contribution in [0, 0.1) is 0 Å². The summed E-state index contributed by atoms with van der Waals surface area (Å²) < 4.78 is 7.44. The number of hydrogen-bond donors (Lipinski definition) is 1. The number of nitrogens with zero attached hydrogens (tertiary/aromatic N) is 5. The molecule has 0 aliphatic heterocycles. The zero-order valence-corrected chi connectivity index (χ0v) is 17.5. The van der Waals surface area contributed by atoms with E-state index in [1.54, 1.807) is 6.07 Å². The molecule has 4 rings (SSSR count). The van der Waals surface area contributed by atoms with Gasteiger partial charge in [0.2, 0.25) is 11.8 Å². The van der Waals surface area contributed by atoms with Crippen molar-refractivity contribution in [3.05, 3.63) is 59.6 Å². The average molecular weight is 441 g/mol. The fourth-order valence-corrected chi connectivity index (χ4v) is 3.77. The van der Waals surface area contributed by atoms with Gasteiger partial charge in [-0.05, 0) is 31.2 Å². The number of halogens is 1. The summed E-state index contributed by atoms with van der Waals surface area (Å²) in [5.41, 5.74) is 1.65. The third-order valence-corrected chi connectivity index (χ3v) is 5.34. The number of aromatic nitrogens is 5. The maximum absolute atomic E-state index is 12.3. The lowest BCUT2D eigenvalue weighted by Crippen LogP contribution is -2.15. The largest absolute Gasteiger partial charge is 0.403 e. The molecule has 1 amide bonds. The van der Waals surface area contributed by atoms with Gasteiger partial charge in [-0.25, -0.2) is 0 Å². The van der Waals surface area contributed by atoms with Crippen molar-refractivity contribution in [1.82, 2.24) is 25.0 Å². The number of nitrogens with one attached hydrogen (secondary N) is 1. The first kappa shape index (κ1) is 20.1. The number of rotatable bonds is 7. The fourth-order valence-electron chi connectivity index (χ4n) is 2.78. The SMILES string of the molecule is CCn1c(SCC(=O)Nc2nnc(-c3ccccc3)o2)nnc1-c1cccc(Cl)c1. The molecule has 0 bridgehead atoms. The van der Waals surface area contributed by atoms with E-state index in [2.05, 4.69) is 25.7 Å². The van der Waals surface area contributed by atoms with E-state index >= 15 is 0 Å². The molecule has 0 radical (unpaired) electrons. The molecule has 0 aliphatic carbocycles. The Labute approximate surface area is 181 Å². The summed E-state index contributed by atoms with van der Waals surface area (Å²) in [4.78, 5) is 12.3. The van der Waals surface area contributed by atoms with Crippen molar-refractivity contribution in [2.24, 2.45) is 0 Å². The summed E-state index contributed by atoms with van der Waals surface area (Å²) >= 11 is 7.36. The highest BCUT2D eigenvalue weighted by molar-refractivity contribution is 7.99. The van der Waals surface area contributed by atoms with Crippen molar-refractivity contribution in [3.63, 3.8) is 0 Å². The van der Waals surface area contributed by atoms with Crippen LogP contribution < -0.4 is 5.32 Å². The average Bonchev–Trinajstić information content (AvgIpc) is 3.39. The Morgan fingerprint density at radius 1 is 1.07 bits per heavy atom. The molecule has 1 N–H and O–H groups in total. The molecule has 10 heteroatoms. The van der Waals surface area contributed by atoms with E-state index in [0.717, 1.165) is 11.1 Å². The highest BCUT2D eigenvalue weighted by atomic mass is 35.5. The minimum absolute atomic E-state index is 0.0519. The summed E-state index contributed by atoms with van der Waals surface area (Å²) in [6.07, 6.45) is 0. The molecule has 2 aromatic carbocycles. The van der Waals surface area contributed by atoms with Crippen molar-refractivity contribution >= 4 is 35.3 Å². The minimum Gasteiger partial charge on any atom is -0.403 e. The number of carbonyl (C=O) groups is 1. The standard InChI is InChI=1S/C20H17ClN6O2S/c1-2-27-17(14-9-6-10-15(21)11-14)23-26-20(27)30-12-16(28)22-19-25-24-18(29-19)13-7-4-3-5-8-13/h3-11H,2,12H2,1H3,(H,22,25,28). The molecule has 2 aromatic heterocycles. The molecule has 0 spiro atoms. The van der Waals surface area contributed by atoms with Crippen molar-refractivity contribution < 1.29 is 9.21 Å². The van der Waals surface area contributed by atoms with E-state index in [9.17, 15) is 4.79 Å². The smallest absolute Gasteiger partial charge is 0.322 e. The maximum atomic E-state index is 12.3. The van der Waals surface area contributed by atoms with E-state index in [1.807, 2.05) is 60.0 Å². The number of anilines is 1. The van der Waals surface area contributed by atoms with Crippen LogP contribution in [0.5, 0.6) is 0 Å². The molecule has 0 aliphatic rings. The van der Waals surface area contributed by atoms with Crippen LogP contribution in [0.15, 0.2) is 64.2 Å². The van der Waals surface area contributed by atoms with Gasteiger partial charge in [-0.2, -0.15) is 0 Å². The van der Waals surface area contributed by atoms with Crippen LogP contribution in [0.4, 0.5) is 6.01 Å². The van der Waals surface area contributed by atoms with Gasteiger partial charge >= 0.3 is 6.01 Å². The number of carbonyl (C=O) groups excluding carboxylic acids is 1. The topological polar surface area (TPSA) is 98.7 Å². The zero-order chi connectivity index (χ0) is 20.9. The van der Waals surface area contributed by atoms with Crippen LogP contribution in [0.25, 0.3) is 22.8 Å². The lowest BCUT2D eigenvalue weighted by molar-refractivity contribution is -0.113. The molecule has 4 aromatic rings. The lowest BCUT2D eigenvalue weighted by atomic mass is 10.2. The van der Waals surface area contributed by atoms with Crippen LogP contribution in [0.1, 0.15) is 6.92 Å². The molecule has 0 unspecified atom stereocenters.